The normalized spacial score (nSPS) is 16.3. The van der Waals surface area contributed by atoms with Crippen molar-refractivity contribution >= 4 is 17.8 Å². The predicted octanol–water partition coefficient (Wildman–Crippen LogP) is 4.09. The molecule has 4 rings (SSSR count). The van der Waals surface area contributed by atoms with Crippen molar-refractivity contribution in [3.05, 3.63) is 108 Å². The third-order valence-corrected chi connectivity index (χ3v) is 5.36. The van der Waals surface area contributed by atoms with E-state index in [1.165, 1.54) is 35.2 Å². The van der Waals surface area contributed by atoms with Crippen molar-refractivity contribution in [3.63, 3.8) is 0 Å². The largest absolute Gasteiger partial charge is 0.503 e. The van der Waals surface area contributed by atoms with Gasteiger partial charge in [0.15, 0.2) is 11.5 Å². The molecule has 1 amide bonds. The number of halogens is 1. The van der Waals surface area contributed by atoms with Crippen molar-refractivity contribution in [2.24, 2.45) is 0 Å². The zero-order valence-corrected chi connectivity index (χ0v) is 17.3. The maximum Gasteiger partial charge on any atom is 0.290 e. The molecule has 2 aromatic carbocycles. The number of amides is 1. The number of imidazole rings is 1. The molecule has 0 saturated carbocycles. The number of aromatic nitrogens is 2. The Labute approximate surface area is 184 Å². The van der Waals surface area contributed by atoms with E-state index in [4.69, 9.17) is 0 Å². The molecule has 1 atom stereocenters. The molecule has 2 heterocycles. The summed E-state index contributed by atoms with van der Waals surface area (Å²) >= 11 is 0. The van der Waals surface area contributed by atoms with E-state index in [1.54, 1.807) is 18.6 Å². The summed E-state index contributed by atoms with van der Waals surface area (Å²) in [7, 11) is 0. The number of benzene rings is 2. The smallest absolute Gasteiger partial charge is 0.290 e. The van der Waals surface area contributed by atoms with Gasteiger partial charge in [-0.3, -0.25) is 9.59 Å². The summed E-state index contributed by atoms with van der Waals surface area (Å²) in [4.78, 5) is 31.4. The van der Waals surface area contributed by atoms with Gasteiger partial charge in [-0.05, 0) is 35.8 Å². The van der Waals surface area contributed by atoms with E-state index in [2.05, 4.69) is 4.98 Å². The Kier molecular flexibility index (Phi) is 6.26. The van der Waals surface area contributed by atoms with Gasteiger partial charge < -0.3 is 14.6 Å². The monoisotopic (exact) mass is 431 g/mol. The minimum absolute atomic E-state index is 0.00331. The van der Waals surface area contributed by atoms with Crippen LogP contribution in [0.25, 0.3) is 6.08 Å². The second-order valence-corrected chi connectivity index (χ2v) is 7.48. The summed E-state index contributed by atoms with van der Waals surface area (Å²) in [5.74, 6) is -2.06. The van der Waals surface area contributed by atoms with Crippen LogP contribution < -0.4 is 0 Å². The van der Waals surface area contributed by atoms with Gasteiger partial charge in [-0.2, -0.15) is 0 Å². The Morgan fingerprint density at radius 1 is 1.09 bits per heavy atom. The lowest BCUT2D eigenvalue weighted by Crippen LogP contribution is -2.32. The number of ketones is 1. The minimum Gasteiger partial charge on any atom is -0.503 e. The number of hydrogen-bond donors (Lipinski definition) is 1. The fraction of sp³-hybridized carbons (Fsp3) is 0.160. The highest BCUT2D eigenvalue weighted by atomic mass is 19.1. The van der Waals surface area contributed by atoms with Crippen LogP contribution >= 0.6 is 0 Å². The first-order chi connectivity index (χ1) is 15.5. The number of aliphatic hydroxyl groups is 1. The Balaban J connectivity index is 1.61. The zero-order valence-electron chi connectivity index (χ0n) is 17.3. The molecular formula is C25H22FN3O3. The quantitative estimate of drug-likeness (QED) is 0.545. The number of nitrogens with zero attached hydrogens (tertiary/aromatic N) is 3. The first-order valence-electron chi connectivity index (χ1n) is 10.3. The molecule has 162 valence electrons. The highest BCUT2D eigenvalue weighted by Crippen LogP contribution is 2.38. The molecule has 0 aliphatic carbocycles. The van der Waals surface area contributed by atoms with Crippen LogP contribution in [0, 0.1) is 5.82 Å². The van der Waals surface area contributed by atoms with Gasteiger partial charge in [0.25, 0.3) is 5.91 Å². The lowest BCUT2D eigenvalue weighted by Gasteiger charge is -2.26. The summed E-state index contributed by atoms with van der Waals surface area (Å²) < 4.78 is 15.4. The first-order valence-corrected chi connectivity index (χ1v) is 10.3. The average molecular weight is 431 g/mol. The molecule has 1 aliphatic rings. The lowest BCUT2D eigenvalue weighted by atomic mass is 9.95. The lowest BCUT2D eigenvalue weighted by molar-refractivity contribution is -0.129. The van der Waals surface area contributed by atoms with Gasteiger partial charge in [0, 0.05) is 25.5 Å². The molecule has 0 fully saturated rings. The van der Waals surface area contributed by atoms with Crippen LogP contribution in [-0.4, -0.2) is 37.8 Å². The molecule has 32 heavy (non-hydrogen) atoms. The SMILES string of the molecule is O=C(C=Cc1ccccc1)C1=C(O)C(=O)N(CCCn2ccnc2)C1c1ccc(F)cc1. The molecule has 1 N–H and O–H groups in total. The Morgan fingerprint density at radius 3 is 2.53 bits per heavy atom. The van der Waals surface area contributed by atoms with Crippen LogP contribution in [-0.2, 0) is 16.1 Å². The van der Waals surface area contributed by atoms with E-state index < -0.39 is 29.3 Å². The Morgan fingerprint density at radius 2 is 1.84 bits per heavy atom. The van der Waals surface area contributed by atoms with E-state index in [9.17, 15) is 19.1 Å². The van der Waals surface area contributed by atoms with Crippen molar-refractivity contribution in [2.45, 2.75) is 19.0 Å². The van der Waals surface area contributed by atoms with Crippen LogP contribution in [0.3, 0.4) is 0 Å². The van der Waals surface area contributed by atoms with Crippen molar-refractivity contribution in [1.29, 1.82) is 0 Å². The third-order valence-electron chi connectivity index (χ3n) is 5.36. The third kappa shape index (κ3) is 4.51. The summed E-state index contributed by atoms with van der Waals surface area (Å²) in [6, 6.07) is 14.1. The van der Waals surface area contributed by atoms with Crippen molar-refractivity contribution in [1.82, 2.24) is 14.5 Å². The van der Waals surface area contributed by atoms with E-state index in [-0.39, 0.29) is 5.57 Å². The predicted molar refractivity (Wildman–Crippen MR) is 118 cm³/mol. The van der Waals surface area contributed by atoms with Crippen molar-refractivity contribution in [3.8, 4) is 0 Å². The standard InChI is InChI=1S/C25H22FN3O3/c26-20-10-8-19(9-11-20)23-22(21(30)12-7-18-5-2-1-3-6-18)24(31)25(32)29(23)15-4-14-28-16-13-27-17-28/h1-3,5-13,16-17,23,31H,4,14-15H2. The number of carbonyl (C=O) groups excluding carboxylic acids is 2. The van der Waals surface area contributed by atoms with Crippen molar-refractivity contribution < 1.29 is 19.1 Å². The fourth-order valence-electron chi connectivity index (χ4n) is 3.80. The van der Waals surface area contributed by atoms with Gasteiger partial charge in [0.2, 0.25) is 0 Å². The second-order valence-electron chi connectivity index (χ2n) is 7.48. The van der Waals surface area contributed by atoms with Gasteiger partial charge >= 0.3 is 0 Å². The van der Waals surface area contributed by atoms with Gasteiger partial charge in [0.1, 0.15) is 5.82 Å². The van der Waals surface area contributed by atoms with E-state index >= 15 is 0 Å². The maximum atomic E-state index is 13.5. The molecule has 1 aromatic heterocycles. The number of rotatable bonds is 8. The van der Waals surface area contributed by atoms with Crippen LogP contribution in [0.4, 0.5) is 4.39 Å². The topological polar surface area (TPSA) is 75.4 Å². The summed E-state index contributed by atoms with van der Waals surface area (Å²) in [5, 5.41) is 10.6. The summed E-state index contributed by atoms with van der Waals surface area (Å²) in [6.45, 7) is 0.931. The molecule has 0 saturated heterocycles. The van der Waals surface area contributed by atoms with Gasteiger partial charge in [-0.25, -0.2) is 9.37 Å². The minimum atomic E-state index is -0.793. The van der Waals surface area contributed by atoms with E-state index in [0.717, 1.165) is 5.56 Å². The number of hydrogen-bond acceptors (Lipinski definition) is 4. The molecule has 1 unspecified atom stereocenters. The molecular weight excluding hydrogens is 409 g/mol. The highest BCUT2D eigenvalue weighted by molar-refractivity contribution is 6.14. The van der Waals surface area contributed by atoms with E-state index in [0.29, 0.717) is 25.1 Å². The Bertz CT molecular complexity index is 1150. The molecule has 0 spiro atoms. The number of carbonyl (C=O) groups is 2. The van der Waals surface area contributed by atoms with E-state index in [1.807, 2.05) is 41.1 Å². The molecule has 7 heteroatoms. The molecule has 3 aromatic rings. The van der Waals surface area contributed by atoms with Gasteiger partial charge in [-0.15, -0.1) is 0 Å². The summed E-state index contributed by atoms with van der Waals surface area (Å²) in [6.07, 6.45) is 8.75. The van der Waals surface area contributed by atoms with Crippen molar-refractivity contribution in [2.75, 3.05) is 6.54 Å². The second kappa shape index (κ2) is 9.43. The van der Waals surface area contributed by atoms with Crippen LogP contribution in [0.1, 0.15) is 23.6 Å². The number of aryl methyl sites for hydroxylation is 1. The average Bonchev–Trinajstić information content (AvgIpc) is 3.41. The van der Waals surface area contributed by atoms with Gasteiger partial charge in [0.05, 0.1) is 17.9 Å². The molecule has 0 radical (unpaired) electrons. The number of allylic oxidation sites excluding steroid dienone is 1. The highest BCUT2D eigenvalue weighted by Gasteiger charge is 2.42. The van der Waals surface area contributed by atoms with Crippen LogP contribution in [0.2, 0.25) is 0 Å². The number of aliphatic hydroxyl groups excluding tert-OH is 1. The fourth-order valence-corrected chi connectivity index (χ4v) is 3.80. The van der Waals surface area contributed by atoms with Crippen LogP contribution in [0.5, 0.6) is 0 Å². The zero-order chi connectivity index (χ0) is 22.5. The van der Waals surface area contributed by atoms with Crippen LogP contribution in [0.15, 0.2) is 90.7 Å². The maximum absolute atomic E-state index is 13.5. The molecule has 0 bridgehead atoms. The van der Waals surface area contributed by atoms with Gasteiger partial charge in [-0.1, -0.05) is 48.5 Å². The Hall–Kier alpha value is -4.00. The summed E-state index contributed by atoms with van der Waals surface area (Å²) in [5.41, 5.74) is 1.38. The first kappa shape index (κ1) is 21.2. The molecule has 1 aliphatic heterocycles. The molecule has 6 nitrogen and oxygen atoms in total.